The average molecular weight is 319 g/mol. The average Bonchev–Trinajstić information content (AvgIpc) is 2.15. The van der Waals surface area contributed by atoms with E-state index in [0.29, 0.717) is 5.56 Å². The fourth-order valence-electron chi connectivity index (χ4n) is 1.34. The van der Waals surface area contributed by atoms with Gasteiger partial charge in [0, 0.05) is 10.0 Å². The van der Waals surface area contributed by atoms with E-state index in [1.54, 1.807) is 0 Å². The van der Waals surface area contributed by atoms with Crippen molar-refractivity contribution in [1.29, 1.82) is 0 Å². The smallest absolute Gasteiger partial charge is 0.252 e. The van der Waals surface area contributed by atoms with Gasteiger partial charge in [-0.1, -0.05) is 15.9 Å². The van der Waals surface area contributed by atoms with E-state index in [4.69, 9.17) is 11.6 Å². The molecule has 2 nitrogen and oxygen atoms in total. The Morgan fingerprint density at radius 2 is 2.06 bits per heavy atom. The molecule has 0 heterocycles. The molecule has 0 spiro atoms. The maximum atomic E-state index is 12.1. The molecule has 4 heteroatoms. The summed E-state index contributed by atoms with van der Waals surface area (Å²) >= 11 is 9.42. The summed E-state index contributed by atoms with van der Waals surface area (Å²) in [5, 5.41) is 2.81. The second-order valence-electron chi connectivity index (χ2n) is 4.75. The van der Waals surface area contributed by atoms with Crippen LogP contribution in [0.2, 0.25) is 0 Å². The predicted molar refractivity (Wildman–Crippen MR) is 75.7 cm³/mol. The van der Waals surface area contributed by atoms with E-state index in [9.17, 15) is 4.79 Å². The number of alkyl halides is 1. The summed E-state index contributed by atoms with van der Waals surface area (Å²) < 4.78 is 0.969. The highest BCUT2D eigenvalue weighted by Crippen LogP contribution is 2.19. The third kappa shape index (κ3) is 3.71. The van der Waals surface area contributed by atoms with Crippen LogP contribution in [0.4, 0.5) is 0 Å². The van der Waals surface area contributed by atoms with E-state index < -0.39 is 5.54 Å². The van der Waals surface area contributed by atoms with Crippen molar-refractivity contribution in [2.75, 3.05) is 0 Å². The van der Waals surface area contributed by atoms with Crippen molar-refractivity contribution < 1.29 is 4.79 Å². The van der Waals surface area contributed by atoms with Crippen LogP contribution in [0.1, 0.15) is 36.7 Å². The van der Waals surface area contributed by atoms with Gasteiger partial charge in [0.2, 0.25) is 0 Å². The van der Waals surface area contributed by atoms with Crippen LogP contribution in [0.3, 0.4) is 0 Å². The van der Waals surface area contributed by atoms with Crippen molar-refractivity contribution >= 4 is 33.4 Å². The quantitative estimate of drug-likeness (QED) is 0.842. The number of hydrogen-bond donors (Lipinski definition) is 1. The number of amides is 1. The third-order valence-corrected chi connectivity index (χ3v) is 3.90. The molecule has 1 N–H and O–H groups in total. The predicted octanol–water partition coefficient (Wildman–Crippen LogP) is 3.89. The molecule has 0 bridgehead atoms. The Hall–Kier alpha value is -0.540. The second kappa shape index (κ2) is 5.40. The minimum absolute atomic E-state index is 0.0903. The zero-order chi connectivity index (χ0) is 13.2. The van der Waals surface area contributed by atoms with E-state index in [-0.39, 0.29) is 11.3 Å². The Labute approximate surface area is 116 Å². The SMILES string of the molecule is Cc1cc(Br)ccc1C(=O)NC(C)(C)C(C)Cl. The summed E-state index contributed by atoms with van der Waals surface area (Å²) in [6.07, 6.45) is 0. The molecule has 1 aromatic carbocycles. The molecule has 0 saturated carbocycles. The Balaban J connectivity index is 2.91. The number of carbonyl (C=O) groups is 1. The van der Waals surface area contributed by atoms with Crippen LogP contribution < -0.4 is 5.32 Å². The highest BCUT2D eigenvalue weighted by molar-refractivity contribution is 9.10. The van der Waals surface area contributed by atoms with Crippen molar-refractivity contribution in [3.05, 3.63) is 33.8 Å². The summed E-state index contributed by atoms with van der Waals surface area (Å²) in [7, 11) is 0. The largest absolute Gasteiger partial charge is 0.346 e. The summed E-state index contributed by atoms with van der Waals surface area (Å²) in [4.78, 5) is 12.1. The summed E-state index contributed by atoms with van der Waals surface area (Å²) in [5.41, 5.74) is 1.19. The Morgan fingerprint density at radius 1 is 1.47 bits per heavy atom. The van der Waals surface area contributed by atoms with Crippen LogP contribution in [0.5, 0.6) is 0 Å². The van der Waals surface area contributed by atoms with Crippen LogP contribution in [0.25, 0.3) is 0 Å². The molecule has 17 heavy (non-hydrogen) atoms. The molecule has 1 aromatic rings. The lowest BCUT2D eigenvalue weighted by atomic mass is 10.00. The Morgan fingerprint density at radius 3 is 2.53 bits per heavy atom. The van der Waals surface area contributed by atoms with Gasteiger partial charge < -0.3 is 5.32 Å². The molecule has 1 amide bonds. The molecular formula is C13H17BrClNO. The van der Waals surface area contributed by atoms with Crippen LogP contribution in [0.15, 0.2) is 22.7 Å². The zero-order valence-corrected chi connectivity index (χ0v) is 12.8. The number of nitrogens with one attached hydrogen (secondary N) is 1. The van der Waals surface area contributed by atoms with Gasteiger partial charge >= 0.3 is 0 Å². The molecule has 0 aliphatic rings. The van der Waals surface area contributed by atoms with Crippen LogP contribution in [0, 0.1) is 6.92 Å². The highest BCUT2D eigenvalue weighted by atomic mass is 79.9. The molecule has 94 valence electrons. The molecular weight excluding hydrogens is 302 g/mol. The number of aryl methyl sites for hydroxylation is 1. The lowest BCUT2D eigenvalue weighted by molar-refractivity contribution is 0.0912. The summed E-state index contributed by atoms with van der Waals surface area (Å²) in [6.45, 7) is 7.61. The first-order chi connectivity index (χ1) is 7.74. The van der Waals surface area contributed by atoms with Crippen molar-refractivity contribution in [3.63, 3.8) is 0 Å². The van der Waals surface area contributed by atoms with Gasteiger partial charge in [0.15, 0.2) is 0 Å². The number of benzene rings is 1. The van der Waals surface area contributed by atoms with Gasteiger partial charge in [-0.25, -0.2) is 0 Å². The van der Waals surface area contributed by atoms with E-state index in [1.165, 1.54) is 0 Å². The fraction of sp³-hybridized carbons (Fsp3) is 0.462. The van der Waals surface area contributed by atoms with Crippen LogP contribution in [-0.4, -0.2) is 16.8 Å². The summed E-state index contributed by atoms with van der Waals surface area (Å²) in [5.74, 6) is -0.0903. The Kier molecular flexibility index (Phi) is 4.62. The standard InChI is InChI=1S/C13H17BrClNO/c1-8-7-10(14)5-6-11(8)12(17)16-13(3,4)9(2)15/h5-7,9H,1-4H3,(H,16,17). The molecule has 0 aliphatic heterocycles. The van der Waals surface area contributed by atoms with E-state index >= 15 is 0 Å². The van der Waals surface area contributed by atoms with Crippen LogP contribution >= 0.6 is 27.5 Å². The zero-order valence-electron chi connectivity index (χ0n) is 10.5. The minimum atomic E-state index is -0.432. The van der Waals surface area contributed by atoms with Gasteiger partial charge in [-0.05, 0) is 51.5 Å². The van der Waals surface area contributed by atoms with Crippen molar-refractivity contribution in [2.45, 2.75) is 38.6 Å². The van der Waals surface area contributed by atoms with Gasteiger partial charge in [0.25, 0.3) is 5.91 Å². The van der Waals surface area contributed by atoms with Gasteiger partial charge in [-0.2, -0.15) is 0 Å². The first-order valence-corrected chi connectivity index (χ1v) is 6.69. The van der Waals surface area contributed by atoms with Gasteiger partial charge in [0.1, 0.15) is 0 Å². The molecule has 1 atom stereocenters. The molecule has 0 aromatic heterocycles. The van der Waals surface area contributed by atoms with E-state index in [0.717, 1.165) is 10.0 Å². The van der Waals surface area contributed by atoms with Gasteiger partial charge in [0.05, 0.1) is 10.9 Å². The van der Waals surface area contributed by atoms with Crippen molar-refractivity contribution in [2.24, 2.45) is 0 Å². The molecule has 0 aliphatic carbocycles. The first kappa shape index (κ1) is 14.5. The van der Waals surface area contributed by atoms with E-state index in [1.807, 2.05) is 45.9 Å². The lowest BCUT2D eigenvalue weighted by Gasteiger charge is -2.29. The molecule has 0 radical (unpaired) electrons. The third-order valence-electron chi connectivity index (χ3n) is 2.86. The minimum Gasteiger partial charge on any atom is -0.346 e. The number of halogens is 2. The maximum Gasteiger partial charge on any atom is 0.252 e. The molecule has 0 saturated heterocycles. The van der Waals surface area contributed by atoms with Crippen LogP contribution in [-0.2, 0) is 0 Å². The summed E-state index contributed by atoms with van der Waals surface area (Å²) in [6, 6.07) is 5.59. The fourth-order valence-corrected chi connectivity index (χ4v) is 1.87. The number of rotatable bonds is 3. The first-order valence-electron chi connectivity index (χ1n) is 5.47. The molecule has 1 rings (SSSR count). The number of carbonyl (C=O) groups excluding carboxylic acids is 1. The van der Waals surface area contributed by atoms with Gasteiger partial charge in [-0.15, -0.1) is 11.6 Å². The maximum absolute atomic E-state index is 12.1. The topological polar surface area (TPSA) is 29.1 Å². The Bertz CT molecular complexity index is 429. The highest BCUT2D eigenvalue weighted by Gasteiger charge is 2.26. The number of hydrogen-bond acceptors (Lipinski definition) is 1. The second-order valence-corrected chi connectivity index (χ2v) is 6.32. The molecule has 0 fully saturated rings. The lowest BCUT2D eigenvalue weighted by Crippen LogP contribution is -2.49. The molecule has 1 unspecified atom stereocenters. The van der Waals surface area contributed by atoms with Crippen molar-refractivity contribution in [1.82, 2.24) is 5.32 Å². The van der Waals surface area contributed by atoms with Crippen molar-refractivity contribution in [3.8, 4) is 0 Å². The monoisotopic (exact) mass is 317 g/mol. The van der Waals surface area contributed by atoms with Gasteiger partial charge in [-0.3, -0.25) is 4.79 Å². The van der Waals surface area contributed by atoms with E-state index in [2.05, 4.69) is 21.2 Å². The normalized spacial score (nSPS) is 13.3.